The zero-order valence-corrected chi connectivity index (χ0v) is 18.5. The Labute approximate surface area is 185 Å². The molecule has 0 amide bonds. The molecule has 4 rings (SSSR count). The number of hydrogen-bond donors (Lipinski definition) is 1. The maximum atomic E-state index is 10.6. The van der Waals surface area contributed by atoms with Gasteiger partial charge in [-0.2, -0.15) is 0 Å². The Morgan fingerprint density at radius 2 is 1.55 bits per heavy atom. The molecule has 5 heteroatoms. The van der Waals surface area contributed by atoms with Gasteiger partial charge in [-0.25, -0.2) is 9.97 Å². The fraction of sp³-hybridized carbons (Fsp3) is 0.385. The number of piperazine rings is 1. The molecule has 3 aromatic rings. The van der Waals surface area contributed by atoms with Crippen molar-refractivity contribution in [2.75, 3.05) is 37.6 Å². The predicted molar refractivity (Wildman–Crippen MR) is 125 cm³/mol. The second-order valence-corrected chi connectivity index (χ2v) is 8.25. The first-order valence-electron chi connectivity index (χ1n) is 11.2. The van der Waals surface area contributed by atoms with E-state index >= 15 is 0 Å². The van der Waals surface area contributed by atoms with Gasteiger partial charge in [0.25, 0.3) is 0 Å². The van der Waals surface area contributed by atoms with Gasteiger partial charge in [-0.3, -0.25) is 4.90 Å². The van der Waals surface area contributed by atoms with Crippen molar-refractivity contribution in [3.8, 4) is 0 Å². The molecule has 1 saturated heterocycles. The summed E-state index contributed by atoms with van der Waals surface area (Å²) in [5, 5.41) is 10.6. The van der Waals surface area contributed by atoms with E-state index in [1.807, 2.05) is 37.3 Å². The van der Waals surface area contributed by atoms with E-state index in [0.29, 0.717) is 6.54 Å². The summed E-state index contributed by atoms with van der Waals surface area (Å²) >= 11 is 0. The third-order valence-electron chi connectivity index (χ3n) is 6.03. The Morgan fingerprint density at radius 3 is 2.19 bits per heavy atom. The number of nitrogens with zero attached hydrogens (tertiary/aromatic N) is 4. The lowest BCUT2D eigenvalue weighted by atomic mass is 10.0. The first kappa shape index (κ1) is 21.5. The van der Waals surface area contributed by atoms with Crippen LogP contribution in [0.2, 0.25) is 0 Å². The van der Waals surface area contributed by atoms with Crippen molar-refractivity contribution >= 4 is 5.82 Å². The van der Waals surface area contributed by atoms with Crippen molar-refractivity contribution in [2.45, 2.75) is 32.8 Å². The summed E-state index contributed by atoms with van der Waals surface area (Å²) in [4.78, 5) is 14.4. The number of aromatic nitrogens is 2. The van der Waals surface area contributed by atoms with Crippen molar-refractivity contribution < 1.29 is 5.11 Å². The van der Waals surface area contributed by atoms with Gasteiger partial charge in [-0.1, -0.05) is 67.6 Å². The zero-order chi connectivity index (χ0) is 21.6. The number of anilines is 1. The largest absolute Gasteiger partial charge is 0.387 e. The maximum Gasteiger partial charge on any atom is 0.136 e. The molecule has 31 heavy (non-hydrogen) atoms. The van der Waals surface area contributed by atoms with Crippen molar-refractivity contribution in [3.63, 3.8) is 0 Å². The molecule has 0 bridgehead atoms. The average molecular weight is 417 g/mol. The molecule has 2 heterocycles. The minimum Gasteiger partial charge on any atom is -0.387 e. The van der Waals surface area contributed by atoms with Crippen molar-refractivity contribution in [3.05, 3.63) is 88.9 Å². The Kier molecular flexibility index (Phi) is 6.95. The van der Waals surface area contributed by atoms with Crippen LogP contribution in [0.1, 0.15) is 41.2 Å². The summed E-state index contributed by atoms with van der Waals surface area (Å²) in [6.45, 7) is 8.46. The number of benzene rings is 2. The molecule has 1 unspecified atom stereocenters. The third-order valence-corrected chi connectivity index (χ3v) is 6.03. The predicted octanol–water partition coefficient (Wildman–Crippen LogP) is 3.79. The SMILES string of the molecule is CCc1nc(C)nc(N2CCN(CC(O)c3ccccc3)CC2)c1Cc1ccccc1. The fourth-order valence-corrected chi connectivity index (χ4v) is 4.34. The van der Waals surface area contributed by atoms with Gasteiger partial charge in [0, 0.05) is 50.4 Å². The highest BCUT2D eigenvalue weighted by atomic mass is 16.3. The van der Waals surface area contributed by atoms with Crippen LogP contribution in [0.25, 0.3) is 0 Å². The summed E-state index contributed by atoms with van der Waals surface area (Å²) < 4.78 is 0. The lowest BCUT2D eigenvalue weighted by Crippen LogP contribution is -2.48. The molecule has 0 radical (unpaired) electrons. The average Bonchev–Trinajstić information content (AvgIpc) is 2.81. The van der Waals surface area contributed by atoms with Gasteiger partial charge in [0.15, 0.2) is 0 Å². The molecule has 1 fully saturated rings. The molecule has 1 aromatic heterocycles. The Morgan fingerprint density at radius 1 is 0.903 bits per heavy atom. The molecule has 2 aromatic carbocycles. The monoisotopic (exact) mass is 416 g/mol. The molecule has 1 aliphatic rings. The second kappa shape index (κ2) is 10.0. The maximum absolute atomic E-state index is 10.6. The van der Waals surface area contributed by atoms with Crippen LogP contribution >= 0.6 is 0 Å². The van der Waals surface area contributed by atoms with Gasteiger partial charge in [-0.15, -0.1) is 0 Å². The first-order valence-corrected chi connectivity index (χ1v) is 11.2. The second-order valence-electron chi connectivity index (χ2n) is 8.25. The van der Waals surface area contributed by atoms with Crippen molar-refractivity contribution in [1.82, 2.24) is 14.9 Å². The summed E-state index contributed by atoms with van der Waals surface area (Å²) in [6, 6.07) is 20.5. The minimum atomic E-state index is -0.450. The van der Waals surface area contributed by atoms with Gasteiger partial charge >= 0.3 is 0 Å². The highest BCUT2D eigenvalue weighted by Crippen LogP contribution is 2.26. The lowest BCUT2D eigenvalue weighted by molar-refractivity contribution is 0.109. The van der Waals surface area contributed by atoms with Crippen LogP contribution in [0, 0.1) is 6.92 Å². The smallest absolute Gasteiger partial charge is 0.136 e. The summed E-state index contributed by atoms with van der Waals surface area (Å²) in [6.07, 6.45) is 1.31. The Balaban J connectivity index is 1.48. The van der Waals surface area contributed by atoms with E-state index in [1.165, 1.54) is 11.1 Å². The number of aryl methyl sites for hydroxylation is 2. The molecule has 162 valence electrons. The molecular formula is C26H32N4O. The first-order chi connectivity index (χ1) is 15.1. The molecule has 0 spiro atoms. The molecular weight excluding hydrogens is 384 g/mol. The lowest BCUT2D eigenvalue weighted by Gasteiger charge is -2.37. The van der Waals surface area contributed by atoms with Gasteiger partial charge in [0.2, 0.25) is 0 Å². The van der Waals surface area contributed by atoms with Gasteiger partial charge in [-0.05, 0) is 24.5 Å². The van der Waals surface area contributed by atoms with Gasteiger partial charge < -0.3 is 10.0 Å². The summed E-state index contributed by atoms with van der Waals surface area (Å²) in [5.41, 5.74) is 4.66. The van der Waals surface area contributed by atoms with Gasteiger partial charge in [0.05, 0.1) is 6.10 Å². The van der Waals surface area contributed by atoms with Crippen molar-refractivity contribution in [1.29, 1.82) is 0 Å². The molecule has 5 nitrogen and oxygen atoms in total. The number of hydrogen-bond acceptors (Lipinski definition) is 5. The van der Waals surface area contributed by atoms with Crippen LogP contribution in [0.5, 0.6) is 0 Å². The van der Waals surface area contributed by atoms with Crippen LogP contribution in [0.4, 0.5) is 5.82 Å². The van der Waals surface area contributed by atoms with E-state index in [9.17, 15) is 5.11 Å². The zero-order valence-electron chi connectivity index (χ0n) is 18.5. The summed E-state index contributed by atoms with van der Waals surface area (Å²) in [5.74, 6) is 1.92. The van der Waals surface area contributed by atoms with E-state index in [0.717, 1.165) is 61.9 Å². The number of rotatable bonds is 7. The van der Waals surface area contributed by atoms with Crippen LogP contribution < -0.4 is 4.90 Å². The van der Waals surface area contributed by atoms with E-state index in [2.05, 4.69) is 47.1 Å². The number of β-amino-alcohol motifs (C(OH)–C–C–N with tert-alkyl or cyclic N) is 1. The molecule has 1 N–H and O–H groups in total. The molecule has 1 atom stereocenters. The van der Waals surface area contributed by atoms with Crippen LogP contribution in [0.15, 0.2) is 60.7 Å². The highest BCUT2D eigenvalue weighted by molar-refractivity contribution is 5.52. The molecule has 0 saturated carbocycles. The van der Waals surface area contributed by atoms with E-state index in [4.69, 9.17) is 9.97 Å². The standard InChI is InChI=1S/C26H32N4O/c1-3-24-23(18-21-10-6-4-7-11-21)26(28-20(2)27-24)30-16-14-29(15-17-30)19-25(31)22-12-8-5-9-13-22/h4-13,25,31H,3,14-19H2,1-2H3. The number of aliphatic hydroxyl groups excluding tert-OH is 1. The fourth-order valence-electron chi connectivity index (χ4n) is 4.34. The van der Waals surface area contributed by atoms with Crippen LogP contribution in [-0.4, -0.2) is 52.7 Å². The normalized spacial score (nSPS) is 15.8. The molecule has 1 aliphatic heterocycles. The topological polar surface area (TPSA) is 52.5 Å². The highest BCUT2D eigenvalue weighted by Gasteiger charge is 2.24. The van der Waals surface area contributed by atoms with E-state index < -0.39 is 6.10 Å². The van der Waals surface area contributed by atoms with Crippen molar-refractivity contribution in [2.24, 2.45) is 0 Å². The third kappa shape index (κ3) is 5.30. The van der Waals surface area contributed by atoms with E-state index in [-0.39, 0.29) is 0 Å². The van der Waals surface area contributed by atoms with Crippen LogP contribution in [-0.2, 0) is 12.8 Å². The quantitative estimate of drug-likeness (QED) is 0.635. The Hall–Kier alpha value is -2.76. The van der Waals surface area contributed by atoms with Crippen LogP contribution in [0.3, 0.4) is 0 Å². The summed E-state index contributed by atoms with van der Waals surface area (Å²) in [7, 11) is 0. The number of aliphatic hydroxyl groups is 1. The Bertz CT molecular complexity index is 969. The molecule has 0 aliphatic carbocycles. The minimum absolute atomic E-state index is 0.450. The van der Waals surface area contributed by atoms with Gasteiger partial charge in [0.1, 0.15) is 11.6 Å². The van der Waals surface area contributed by atoms with E-state index in [1.54, 1.807) is 0 Å².